The highest BCUT2D eigenvalue weighted by Crippen LogP contribution is 2.43. The number of carbonyl (C=O) groups is 2. The van der Waals surface area contributed by atoms with Gasteiger partial charge >= 0.3 is 6.18 Å². The third-order valence-electron chi connectivity index (χ3n) is 8.60. The third-order valence-corrected chi connectivity index (χ3v) is 8.60. The van der Waals surface area contributed by atoms with E-state index in [1.54, 1.807) is 35.0 Å². The Kier molecular flexibility index (Phi) is 7.83. The molecule has 2 aliphatic carbocycles. The summed E-state index contributed by atoms with van der Waals surface area (Å²) in [6, 6.07) is 12.4. The number of hydrogen-bond acceptors (Lipinski definition) is 5. The van der Waals surface area contributed by atoms with E-state index in [1.165, 1.54) is 20.0 Å². The SMILES string of the molecule is COc1cccc(C(=O)Nc2c3c(nn2CCC2CC2)C[C@]2(CCCc4cc(OCCCC(F)(F)F)ccc42)NC3=O)c1. The number of benzene rings is 2. The average molecular weight is 597 g/mol. The summed E-state index contributed by atoms with van der Waals surface area (Å²) in [6.45, 7) is 0.573. The molecule has 1 fully saturated rings. The van der Waals surface area contributed by atoms with Gasteiger partial charge in [0.1, 0.15) is 22.9 Å². The van der Waals surface area contributed by atoms with E-state index < -0.39 is 18.1 Å². The summed E-state index contributed by atoms with van der Waals surface area (Å²) in [4.78, 5) is 27.1. The minimum Gasteiger partial charge on any atom is -0.497 e. The maximum Gasteiger partial charge on any atom is 0.389 e. The molecule has 0 bridgehead atoms. The van der Waals surface area contributed by atoms with Gasteiger partial charge in [-0.15, -0.1) is 0 Å². The van der Waals surface area contributed by atoms with Crippen LogP contribution in [-0.2, 0) is 24.9 Å². The molecule has 1 spiro atoms. The molecule has 6 rings (SSSR count). The van der Waals surface area contributed by atoms with Crippen molar-refractivity contribution in [1.82, 2.24) is 15.1 Å². The molecule has 0 unspecified atom stereocenters. The molecule has 1 atom stereocenters. The standard InChI is InChI=1S/C32H35F3N4O4/c1-42-23-7-2-5-22(18-23)29(40)36-28-27-26(38-39(28)15-12-20-8-9-20)19-31(37-30(27)41)13-3-6-21-17-24(10-11-25(21)31)43-16-4-14-32(33,34)35/h2,5,7,10-11,17-18,20H,3-4,6,8-9,12-16,19H2,1H3,(H,36,40)(H,37,41)/t31-/m0/s1. The minimum atomic E-state index is -4.20. The van der Waals surface area contributed by atoms with E-state index in [-0.39, 0.29) is 24.8 Å². The topological polar surface area (TPSA) is 94.5 Å². The van der Waals surface area contributed by atoms with Crippen LogP contribution < -0.4 is 20.1 Å². The number of hydrogen-bond donors (Lipinski definition) is 2. The molecule has 1 saturated carbocycles. The highest BCUT2D eigenvalue weighted by atomic mass is 19.4. The van der Waals surface area contributed by atoms with Crippen LogP contribution >= 0.6 is 0 Å². The van der Waals surface area contributed by atoms with Gasteiger partial charge in [0, 0.05) is 24.9 Å². The molecule has 228 valence electrons. The second-order valence-electron chi connectivity index (χ2n) is 11.8. The number of alkyl halides is 3. The zero-order chi connectivity index (χ0) is 30.2. The largest absolute Gasteiger partial charge is 0.497 e. The molecule has 1 aromatic heterocycles. The fourth-order valence-corrected chi connectivity index (χ4v) is 6.25. The van der Waals surface area contributed by atoms with Crippen LogP contribution in [0.1, 0.15) is 82.5 Å². The number of halogens is 3. The molecule has 2 aromatic carbocycles. The first-order chi connectivity index (χ1) is 20.6. The highest BCUT2D eigenvalue weighted by molar-refractivity contribution is 6.09. The molecule has 11 heteroatoms. The Labute approximate surface area is 247 Å². The Bertz CT molecular complexity index is 1530. The van der Waals surface area contributed by atoms with Crippen LogP contribution in [0.4, 0.5) is 19.0 Å². The Morgan fingerprint density at radius 1 is 1.19 bits per heavy atom. The second kappa shape index (κ2) is 11.6. The van der Waals surface area contributed by atoms with Crippen molar-refractivity contribution in [3.05, 3.63) is 70.4 Å². The van der Waals surface area contributed by atoms with E-state index in [9.17, 15) is 22.8 Å². The van der Waals surface area contributed by atoms with E-state index in [4.69, 9.17) is 14.6 Å². The van der Waals surface area contributed by atoms with Crippen LogP contribution in [-0.4, -0.2) is 41.5 Å². The number of rotatable bonds is 10. The molecule has 3 aromatic rings. The minimum absolute atomic E-state index is 0.0217. The smallest absolute Gasteiger partial charge is 0.389 e. The lowest BCUT2D eigenvalue weighted by Crippen LogP contribution is -2.52. The van der Waals surface area contributed by atoms with Gasteiger partial charge in [-0.05, 0) is 79.5 Å². The molecule has 0 radical (unpaired) electrons. The summed E-state index contributed by atoms with van der Waals surface area (Å²) >= 11 is 0. The summed E-state index contributed by atoms with van der Waals surface area (Å²) in [5, 5.41) is 11.1. The number of anilines is 1. The van der Waals surface area contributed by atoms with Crippen molar-refractivity contribution in [2.45, 2.75) is 76.0 Å². The zero-order valence-electron chi connectivity index (χ0n) is 24.1. The normalized spacial score (nSPS) is 19.4. The summed E-state index contributed by atoms with van der Waals surface area (Å²) in [6.07, 6.45) is 0.869. The van der Waals surface area contributed by atoms with Gasteiger partial charge in [0.25, 0.3) is 11.8 Å². The lowest BCUT2D eigenvalue weighted by molar-refractivity contribution is -0.136. The zero-order valence-corrected chi connectivity index (χ0v) is 24.1. The van der Waals surface area contributed by atoms with Gasteiger partial charge < -0.3 is 20.1 Å². The average Bonchev–Trinajstić information content (AvgIpc) is 3.75. The van der Waals surface area contributed by atoms with Crippen molar-refractivity contribution < 1.29 is 32.2 Å². The predicted molar refractivity (Wildman–Crippen MR) is 154 cm³/mol. The van der Waals surface area contributed by atoms with Crippen LogP contribution in [0.5, 0.6) is 11.5 Å². The fraction of sp³-hybridized carbons (Fsp3) is 0.469. The maximum atomic E-state index is 13.8. The number of aryl methyl sites for hydroxylation is 2. The van der Waals surface area contributed by atoms with Crippen LogP contribution in [0, 0.1) is 5.92 Å². The third kappa shape index (κ3) is 6.35. The Morgan fingerprint density at radius 2 is 2.02 bits per heavy atom. The van der Waals surface area contributed by atoms with Crippen molar-refractivity contribution in [1.29, 1.82) is 0 Å². The molecule has 3 aliphatic rings. The van der Waals surface area contributed by atoms with E-state index >= 15 is 0 Å². The fourth-order valence-electron chi connectivity index (χ4n) is 6.25. The monoisotopic (exact) mass is 596 g/mol. The number of nitrogens with one attached hydrogen (secondary N) is 2. The Balaban J connectivity index is 1.26. The van der Waals surface area contributed by atoms with Crippen LogP contribution in [0.25, 0.3) is 0 Å². The van der Waals surface area contributed by atoms with E-state index in [0.717, 1.165) is 36.8 Å². The second-order valence-corrected chi connectivity index (χ2v) is 11.8. The maximum absolute atomic E-state index is 13.8. The van der Waals surface area contributed by atoms with Gasteiger partial charge in [-0.1, -0.05) is 25.0 Å². The van der Waals surface area contributed by atoms with Crippen molar-refractivity contribution in [3.8, 4) is 11.5 Å². The molecular formula is C32H35F3N4O4. The lowest BCUT2D eigenvalue weighted by atomic mass is 9.72. The van der Waals surface area contributed by atoms with Gasteiger partial charge in [-0.25, -0.2) is 4.68 Å². The van der Waals surface area contributed by atoms with Crippen molar-refractivity contribution in [2.24, 2.45) is 5.92 Å². The van der Waals surface area contributed by atoms with Crippen LogP contribution in [0.15, 0.2) is 42.5 Å². The number of methoxy groups -OCH3 is 1. The molecule has 43 heavy (non-hydrogen) atoms. The van der Waals surface area contributed by atoms with Gasteiger partial charge in [-0.3, -0.25) is 9.59 Å². The van der Waals surface area contributed by atoms with E-state index in [1.807, 2.05) is 12.1 Å². The van der Waals surface area contributed by atoms with Gasteiger partial charge in [0.05, 0.1) is 24.9 Å². The number of ether oxygens (including phenoxy) is 2. The number of nitrogens with zero attached hydrogens (tertiary/aromatic N) is 2. The molecular weight excluding hydrogens is 561 g/mol. The van der Waals surface area contributed by atoms with Crippen molar-refractivity contribution >= 4 is 17.6 Å². The molecule has 0 saturated heterocycles. The van der Waals surface area contributed by atoms with Crippen molar-refractivity contribution in [3.63, 3.8) is 0 Å². The van der Waals surface area contributed by atoms with Gasteiger partial charge in [0.15, 0.2) is 0 Å². The lowest BCUT2D eigenvalue weighted by Gasteiger charge is -2.42. The van der Waals surface area contributed by atoms with E-state index in [2.05, 4.69) is 10.6 Å². The van der Waals surface area contributed by atoms with Gasteiger partial charge in [-0.2, -0.15) is 18.3 Å². The molecule has 2 N–H and O–H groups in total. The first-order valence-corrected chi connectivity index (χ1v) is 14.8. The summed E-state index contributed by atoms with van der Waals surface area (Å²) < 4.78 is 50.2. The first kappa shape index (κ1) is 29.1. The van der Waals surface area contributed by atoms with Crippen LogP contribution in [0.3, 0.4) is 0 Å². The number of fused-ring (bicyclic) bond motifs is 3. The van der Waals surface area contributed by atoms with Crippen molar-refractivity contribution in [2.75, 3.05) is 19.0 Å². The van der Waals surface area contributed by atoms with Crippen LogP contribution in [0.2, 0.25) is 0 Å². The first-order valence-electron chi connectivity index (χ1n) is 14.8. The Hall–Kier alpha value is -4.02. The quantitative estimate of drug-likeness (QED) is 0.273. The predicted octanol–water partition coefficient (Wildman–Crippen LogP) is 6.18. The number of carbonyl (C=O) groups excluding carboxylic acids is 2. The summed E-state index contributed by atoms with van der Waals surface area (Å²) in [5.41, 5.74) is 2.73. The summed E-state index contributed by atoms with van der Waals surface area (Å²) in [5.74, 6) is 1.47. The molecule has 2 heterocycles. The number of amides is 2. The Morgan fingerprint density at radius 3 is 2.79 bits per heavy atom. The number of aromatic nitrogens is 2. The van der Waals surface area contributed by atoms with Gasteiger partial charge in [0.2, 0.25) is 0 Å². The van der Waals surface area contributed by atoms with E-state index in [0.29, 0.717) is 53.0 Å². The summed E-state index contributed by atoms with van der Waals surface area (Å²) in [7, 11) is 1.54. The molecule has 8 nitrogen and oxygen atoms in total. The molecule has 1 aliphatic heterocycles. The molecule has 2 amide bonds. The highest BCUT2D eigenvalue weighted by Gasteiger charge is 2.45.